The molecule has 0 aliphatic carbocycles. The van der Waals surface area contributed by atoms with Gasteiger partial charge < -0.3 is 10.6 Å². The molecular weight excluding hydrogens is 267 g/mol. The van der Waals surface area contributed by atoms with Gasteiger partial charge in [0.2, 0.25) is 0 Å². The fraction of sp³-hybridized carbons (Fsp3) is 0.235. The molecule has 2 N–H and O–H groups in total. The molecule has 0 saturated heterocycles. The van der Waals surface area contributed by atoms with E-state index in [0.29, 0.717) is 5.56 Å². The lowest BCUT2D eigenvalue weighted by Gasteiger charge is -2.20. The molecule has 0 saturated carbocycles. The van der Waals surface area contributed by atoms with Crippen molar-refractivity contribution in [2.24, 2.45) is 0 Å². The van der Waals surface area contributed by atoms with Gasteiger partial charge >= 0.3 is 0 Å². The van der Waals surface area contributed by atoms with Crippen LogP contribution in [-0.2, 0) is 13.0 Å². The van der Waals surface area contributed by atoms with E-state index in [-0.39, 0.29) is 5.56 Å². The zero-order chi connectivity index (χ0) is 14.8. The summed E-state index contributed by atoms with van der Waals surface area (Å²) in [6, 6.07) is 10.7. The first-order valence-electron chi connectivity index (χ1n) is 7.05. The summed E-state index contributed by atoms with van der Waals surface area (Å²) in [5.41, 5.74) is 3.66. The van der Waals surface area contributed by atoms with Gasteiger partial charge in [0.25, 0.3) is 5.91 Å². The van der Waals surface area contributed by atoms with Gasteiger partial charge in [-0.3, -0.25) is 4.79 Å². The van der Waals surface area contributed by atoms with Crippen LogP contribution >= 0.6 is 0 Å². The normalized spacial score (nSPS) is 13.6. The second kappa shape index (κ2) is 5.66. The first-order valence-corrected chi connectivity index (χ1v) is 7.05. The third-order valence-electron chi connectivity index (χ3n) is 3.82. The molecule has 0 spiro atoms. The Balaban J connectivity index is 1.90. The Morgan fingerprint density at radius 3 is 2.90 bits per heavy atom. The number of anilines is 1. The lowest BCUT2D eigenvalue weighted by Crippen LogP contribution is -2.25. The van der Waals surface area contributed by atoms with E-state index in [4.69, 9.17) is 0 Å². The lowest BCUT2D eigenvalue weighted by molar-refractivity contribution is 0.102. The molecule has 2 aromatic rings. The minimum Gasteiger partial charge on any atom is -0.322 e. The van der Waals surface area contributed by atoms with Gasteiger partial charge in [-0.05, 0) is 48.7 Å². The molecule has 0 bridgehead atoms. The number of carbonyl (C=O) groups excluding carboxylic acids is 1. The van der Waals surface area contributed by atoms with Crippen LogP contribution in [0, 0.1) is 12.7 Å². The van der Waals surface area contributed by atoms with Crippen molar-refractivity contribution in [1.29, 1.82) is 0 Å². The average Bonchev–Trinajstić information content (AvgIpc) is 2.50. The maximum Gasteiger partial charge on any atom is 0.258 e. The summed E-state index contributed by atoms with van der Waals surface area (Å²) >= 11 is 0. The molecule has 0 atom stereocenters. The minimum atomic E-state index is -0.457. The molecule has 108 valence electrons. The maximum absolute atomic E-state index is 14.0. The Morgan fingerprint density at radius 1 is 1.24 bits per heavy atom. The fourth-order valence-electron chi connectivity index (χ4n) is 2.66. The van der Waals surface area contributed by atoms with Gasteiger partial charge in [0.15, 0.2) is 0 Å². The summed E-state index contributed by atoms with van der Waals surface area (Å²) in [4.78, 5) is 12.3. The van der Waals surface area contributed by atoms with Gasteiger partial charge in [0, 0.05) is 12.2 Å². The number of rotatable bonds is 2. The second-order valence-electron chi connectivity index (χ2n) is 5.26. The van der Waals surface area contributed by atoms with E-state index < -0.39 is 11.7 Å². The van der Waals surface area contributed by atoms with Crippen molar-refractivity contribution in [3.8, 4) is 0 Å². The average molecular weight is 284 g/mol. The predicted octanol–water partition coefficient (Wildman–Crippen LogP) is 3.03. The zero-order valence-corrected chi connectivity index (χ0v) is 11.9. The largest absolute Gasteiger partial charge is 0.322 e. The summed E-state index contributed by atoms with van der Waals surface area (Å²) in [5.74, 6) is -0.857. The molecule has 0 aromatic heterocycles. The molecule has 21 heavy (non-hydrogen) atoms. The van der Waals surface area contributed by atoms with Crippen molar-refractivity contribution in [3.05, 3.63) is 64.5 Å². The fourth-order valence-corrected chi connectivity index (χ4v) is 2.66. The molecule has 1 heterocycles. The molecule has 1 amide bonds. The van der Waals surface area contributed by atoms with E-state index in [1.807, 2.05) is 18.2 Å². The highest BCUT2D eigenvalue weighted by atomic mass is 19.1. The summed E-state index contributed by atoms with van der Waals surface area (Å²) in [5, 5.41) is 6.14. The molecule has 2 aromatic carbocycles. The number of fused-ring (bicyclic) bond motifs is 1. The molecule has 1 aliphatic rings. The minimum absolute atomic E-state index is 0.0848. The molecule has 3 rings (SSSR count). The van der Waals surface area contributed by atoms with E-state index in [0.717, 1.165) is 30.8 Å². The Hall–Kier alpha value is -2.20. The molecule has 0 unspecified atom stereocenters. The third-order valence-corrected chi connectivity index (χ3v) is 3.82. The number of hydrogen-bond donors (Lipinski definition) is 2. The van der Waals surface area contributed by atoms with Crippen molar-refractivity contribution >= 4 is 11.6 Å². The molecule has 0 fully saturated rings. The Morgan fingerprint density at radius 2 is 2.05 bits per heavy atom. The van der Waals surface area contributed by atoms with E-state index >= 15 is 0 Å². The first kappa shape index (κ1) is 13.8. The van der Waals surface area contributed by atoms with E-state index in [9.17, 15) is 9.18 Å². The Bertz CT molecular complexity index is 697. The van der Waals surface area contributed by atoms with Crippen LogP contribution in [0.1, 0.15) is 27.0 Å². The van der Waals surface area contributed by atoms with Crippen molar-refractivity contribution < 1.29 is 9.18 Å². The van der Waals surface area contributed by atoms with Crippen LogP contribution in [0.4, 0.5) is 10.1 Å². The lowest BCUT2D eigenvalue weighted by atomic mass is 9.99. The van der Waals surface area contributed by atoms with Crippen molar-refractivity contribution in [1.82, 2.24) is 5.32 Å². The molecule has 3 nitrogen and oxygen atoms in total. The Labute approximate surface area is 123 Å². The van der Waals surface area contributed by atoms with Gasteiger partial charge in [-0.1, -0.05) is 24.3 Å². The summed E-state index contributed by atoms with van der Waals surface area (Å²) in [7, 11) is 0. The van der Waals surface area contributed by atoms with Crippen LogP contribution in [0.3, 0.4) is 0 Å². The topological polar surface area (TPSA) is 41.1 Å². The highest BCUT2D eigenvalue weighted by Crippen LogP contribution is 2.24. The second-order valence-corrected chi connectivity index (χ2v) is 5.26. The van der Waals surface area contributed by atoms with Gasteiger partial charge in [0.1, 0.15) is 5.82 Å². The van der Waals surface area contributed by atoms with Crippen molar-refractivity contribution in [2.75, 3.05) is 11.9 Å². The number of benzene rings is 2. The van der Waals surface area contributed by atoms with E-state index in [2.05, 4.69) is 10.6 Å². The van der Waals surface area contributed by atoms with Crippen LogP contribution in [0.25, 0.3) is 0 Å². The van der Waals surface area contributed by atoms with Crippen molar-refractivity contribution in [2.45, 2.75) is 19.9 Å². The van der Waals surface area contributed by atoms with Gasteiger partial charge in [-0.15, -0.1) is 0 Å². The van der Waals surface area contributed by atoms with Crippen LogP contribution in [0.2, 0.25) is 0 Å². The zero-order valence-electron chi connectivity index (χ0n) is 11.9. The summed E-state index contributed by atoms with van der Waals surface area (Å²) in [6.07, 6.45) is 0.863. The van der Waals surface area contributed by atoms with Crippen molar-refractivity contribution in [3.63, 3.8) is 0 Å². The third kappa shape index (κ3) is 2.67. The quantitative estimate of drug-likeness (QED) is 0.890. The van der Waals surface area contributed by atoms with Crippen LogP contribution < -0.4 is 10.6 Å². The number of halogens is 1. The number of aryl methyl sites for hydroxylation is 1. The highest BCUT2D eigenvalue weighted by molar-refractivity contribution is 6.05. The summed E-state index contributed by atoms with van der Waals surface area (Å²) in [6.45, 7) is 3.35. The number of nitrogens with one attached hydrogen (secondary N) is 2. The molecular formula is C17H17FN2O. The Kier molecular flexibility index (Phi) is 3.71. The van der Waals surface area contributed by atoms with Crippen LogP contribution in [0.15, 0.2) is 36.4 Å². The van der Waals surface area contributed by atoms with Crippen LogP contribution in [0.5, 0.6) is 0 Å². The summed E-state index contributed by atoms with van der Waals surface area (Å²) < 4.78 is 14.0. The SMILES string of the molecule is Cc1cccc(C(=O)Nc2cccc3c2CCNC3)c1F. The van der Waals surface area contributed by atoms with E-state index in [1.54, 1.807) is 19.1 Å². The first-order chi connectivity index (χ1) is 10.2. The van der Waals surface area contributed by atoms with Gasteiger partial charge in [0.05, 0.1) is 5.56 Å². The van der Waals surface area contributed by atoms with E-state index in [1.165, 1.54) is 11.6 Å². The maximum atomic E-state index is 14.0. The monoisotopic (exact) mass is 284 g/mol. The smallest absolute Gasteiger partial charge is 0.258 e. The number of amides is 1. The number of hydrogen-bond acceptors (Lipinski definition) is 2. The van der Waals surface area contributed by atoms with Crippen LogP contribution in [-0.4, -0.2) is 12.5 Å². The molecule has 0 radical (unpaired) electrons. The highest BCUT2D eigenvalue weighted by Gasteiger charge is 2.17. The molecule has 1 aliphatic heterocycles. The predicted molar refractivity (Wildman–Crippen MR) is 80.9 cm³/mol. The van der Waals surface area contributed by atoms with Gasteiger partial charge in [-0.2, -0.15) is 0 Å². The molecule has 4 heteroatoms. The number of carbonyl (C=O) groups is 1. The standard InChI is InChI=1S/C17H17FN2O/c1-11-4-2-6-14(16(11)18)17(21)20-15-7-3-5-12-10-19-9-8-13(12)15/h2-7,19H,8-10H2,1H3,(H,20,21). The van der Waals surface area contributed by atoms with Gasteiger partial charge in [-0.25, -0.2) is 4.39 Å².